The van der Waals surface area contributed by atoms with Crippen molar-refractivity contribution in [2.75, 3.05) is 0 Å². The first-order valence-electron chi connectivity index (χ1n) is 7.27. The summed E-state index contributed by atoms with van der Waals surface area (Å²) in [6, 6.07) is 10.7. The highest BCUT2D eigenvalue weighted by Gasteiger charge is 2.28. The normalized spacial score (nSPS) is 12.6. The molecule has 0 radical (unpaired) electrons. The van der Waals surface area contributed by atoms with Crippen LogP contribution in [0.2, 0.25) is 0 Å². The maximum Gasteiger partial charge on any atom is 0.241 e. The standard InChI is InChI=1S/C17H22N2O2S/c1-13(2)14-7-9-16(10-8-14)22(20,21)19-17(3,4)15-6-5-11-18-12-15/h5-13,19H,1-4H3. The Bertz CT molecular complexity index is 721. The van der Waals surface area contributed by atoms with Gasteiger partial charge in [-0.3, -0.25) is 4.98 Å². The molecule has 5 heteroatoms. The van der Waals surface area contributed by atoms with Crippen LogP contribution in [0.25, 0.3) is 0 Å². The van der Waals surface area contributed by atoms with Crippen molar-refractivity contribution in [3.8, 4) is 0 Å². The molecule has 1 aromatic carbocycles. The summed E-state index contributed by atoms with van der Waals surface area (Å²) in [7, 11) is -3.59. The summed E-state index contributed by atoms with van der Waals surface area (Å²) in [5.41, 5.74) is 1.20. The number of pyridine rings is 1. The Labute approximate surface area is 132 Å². The van der Waals surface area contributed by atoms with Crippen LogP contribution < -0.4 is 4.72 Å². The minimum absolute atomic E-state index is 0.272. The lowest BCUT2D eigenvalue weighted by atomic mass is 9.98. The predicted molar refractivity (Wildman–Crippen MR) is 88.1 cm³/mol. The molecule has 0 unspecified atom stereocenters. The van der Waals surface area contributed by atoms with Gasteiger partial charge in [0, 0.05) is 12.4 Å². The third-order valence-corrected chi connectivity index (χ3v) is 5.30. The highest BCUT2D eigenvalue weighted by molar-refractivity contribution is 7.89. The van der Waals surface area contributed by atoms with Gasteiger partial charge in [0.15, 0.2) is 0 Å². The molecule has 0 atom stereocenters. The third kappa shape index (κ3) is 3.72. The zero-order chi connectivity index (χ0) is 16.4. The summed E-state index contributed by atoms with van der Waals surface area (Å²) in [5.74, 6) is 0.372. The van der Waals surface area contributed by atoms with E-state index < -0.39 is 15.6 Å². The molecule has 22 heavy (non-hydrogen) atoms. The van der Waals surface area contributed by atoms with E-state index in [4.69, 9.17) is 0 Å². The summed E-state index contributed by atoms with van der Waals surface area (Å²) in [4.78, 5) is 4.32. The van der Waals surface area contributed by atoms with Crippen LogP contribution in [-0.4, -0.2) is 13.4 Å². The van der Waals surface area contributed by atoms with E-state index in [2.05, 4.69) is 23.6 Å². The summed E-state index contributed by atoms with van der Waals surface area (Å²) in [6.07, 6.45) is 3.34. The van der Waals surface area contributed by atoms with Gasteiger partial charge in [-0.1, -0.05) is 32.0 Å². The zero-order valence-corrected chi connectivity index (χ0v) is 14.2. The first-order valence-corrected chi connectivity index (χ1v) is 8.75. The summed E-state index contributed by atoms with van der Waals surface area (Å²) in [5, 5.41) is 0. The smallest absolute Gasteiger partial charge is 0.241 e. The largest absolute Gasteiger partial charge is 0.264 e. The lowest BCUT2D eigenvalue weighted by Gasteiger charge is -2.26. The Hall–Kier alpha value is -1.72. The summed E-state index contributed by atoms with van der Waals surface area (Å²) in [6.45, 7) is 7.80. The molecular formula is C17H22N2O2S. The van der Waals surface area contributed by atoms with E-state index in [1.165, 1.54) is 0 Å². The molecule has 0 bridgehead atoms. The molecule has 4 nitrogen and oxygen atoms in total. The second-order valence-electron chi connectivity index (χ2n) is 6.20. The monoisotopic (exact) mass is 318 g/mol. The van der Waals surface area contributed by atoms with Gasteiger partial charge in [-0.25, -0.2) is 13.1 Å². The molecule has 2 rings (SSSR count). The van der Waals surface area contributed by atoms with Gasteiger partial charge in [0.2, 0.25) is 10.0 Å². The lowest BCUT2D eigenvalue weighted by molar-refractivity contribution is 0.470. The maximum atomic E-state index is 12.6. The molecule has 1 aromatic heterocycles. The van der Waals surface area contributed by atoms with Gasteiger partial charge in [0.1, 0.15) is 0 Å². The topological polar surface area (TPSA) is 59.1 Å². The number of hydrogen-bond acceptors (Lipinski definition) is 3. The van der Waals surface area contributed by atoms with Crippen LogP contribution >= 0.6 is 0 Å². The number of aromatic nitrogens is 1. The molecule has 0 aliphatic rings. The Morgan fingerprint density at radius 2 is 1.73 bits per heavy atom. The van der Waals surface area contributed by atoms with Crippen LogP contribution in [0, 0.1) is 0 Å². The SMILES string of the molecule is CC(C)c1ccc(S(=O)(=O)NC(C)(C)c2cccnc2)cc1. The number of nitrogens with one attached hydrogen (secondary N) is 1. The quantitative estimate of drug-likeness (QED) is 0.919. The van der Waals surface area contributed by atoms with Crippen LogP contribution in [0.5, 0.6) is 0 Å². The van der Waals surface area contributed by atoms with Crippen LogP contribution in [0.3, 0.4) is 0 Å². The summed E-state index contributed by atoms with van der Waals surface area (Å²) >= 11 is 0. The van der Waals surface area contributed by atoms with Crippen molar-refractivity contribution in [3.05, 3.63) is 59.9 Å². The Balaban J connectivity index is 2.27. The van der Waals surface area contributed by atoms with E-state index in [0.29, 0.717) is 5.92 Å². The van der Waals surface area contributed by atoms with E-state index in [0.717, 1.165) is 11.1 Å². The molecule has 1 heterocycles. The number of nitrogens with zero attached hydrogens (tertiary/aromatic N) is 1. The van der Waals surface area contributed by atoms with Gasteiger partial charge < -0.3 is 0 Å². The van der Waals surface area contributed by atoms with Gasteiger partial charge in [-0.05, 0) is 49.1 Å². The fraction of sp³-hybridized carbons (Fsp3) is 0.353. The fourth-order valence-electron chi connectivity index (χ4n) is 2.22. The first kappa shape index (κ1) is 16.6. The van der Waals surface area contributed by atoms with Crippen molar-refractivity contribution in [2.45, 2.75) is 44.0 Å². The van der Waals surface area contributed by atoms with Crippen molar-refractivity contribution >= 4 is 10.0 Å². The number of hydrogen-bond donors (Lipinski definition) is 1. The molecule has 0 fully saturated rings. The van der Waals surface area contributed by atoms with Crippen molar-refractivity contribution in [1.29, 1.82) is 0 Å². The Morgan fingerprint density at radius 1 is 1.09 bits per heavy atom. The van der Waals surface area contributed by atoms with Crippen LogP contribution in [0.1, 0.15) is 44.7 Å². The van der Waals surface area contributed by atoms with E-state index >= 15 is 0 Å². The van der Waals surface area contributed by atoms with E-state index in [-0.39, 0.29) is 4.90 Å². The molecule has 0 aliphatic heterocycles. The minimum Gasteiger partial charge on any atom is -0.264 e. The van der Waals surface area contributed by atoms with E-state index in [1.54, 1.807) is 30.6 Å². The highest BCUT2D eigenvalue weighted by Crippen LogP contribution is 2.23. The average Bonchev–Trinajstić information content (AvgIpc) is 2.47. The van der Waals surface area contributed by atoms with Gasteiger partial charge >= 0.3 is 0 Å². The molecule has 0 aliphatic carbocycles. The highest BCUT2D eigenvalue weighted by atomic mass is 32.2. The van der Waals surface area contributed by atoms with Crippen molar-refractivity contribution in [3.63, 3.8) is 0 Å². The first-order chi connectivity index (χ1) is 10.2. The Kier molecular flexibility index (Phi) is 4.68. The molecular weight excluding hydrogens is 296 g/mol. The van der Waals surface area contributed by atoms with Gasteiger partial charge in [0.25, 0.3) is 0 Å². The third-order valence-electron chi connectivity index (χ3n) is 3.63. The molecule has 0 saturated heterocycles. The van der Waals surface area contributed by atoms with Crippen molar-refractivity contribution < 1.29 is 8.42 Å². The second-order valence-corrected chi connectivity index (χ2v) is 7.88. The number of rotatable bonds is 5. The van der Waals surface area contributed by atoms with Gasteiger partial charge in [-0.15, -0.1) is 0 Å². The Morgan fingerprint density at radius 3 is 2.23 bits per heavy atom. The van der Waals surface area contributed by atoms with Crippen molar-refractivity contribution in [1.82, 2.24) is 9.71 Å². The molecule has 118 valence electrons. The predicted octanol–water partition coefficient (Wildman–Crippen LogP) is 3.42. The number of benzene rings is 1. The second kappa shape index (κ2) is 6.18. The summed E-state index contributed by atoms with van der Waals surface area (Å²) < 4.78 is 27.9. The van der Waals surface area contributed by atoms with E-state index in [9.17, 15) is 8.42 Å². The molecule has 0 spiro atoms. The van der Waals surface area contributed by atoms with Crippen LogP contribution in [-0.2, 0) is 15.6 Å². The average molecular weight is 318 g/mol. The fourth-order valence-corrected chi connectivity index (χ4v) is 3.62. The van der Waals surface area contributed by atoms with Crippen molar-refractivity contribution in [2.24, 2.45) is 0 Å². The lowest BCUT2D eigenvalue weighted by Crippen LogP contribution is -2.40. The molecule has 0 amide bonds. The van der Waals surface area contributed by atoms with E-state index in [1.807, 2.05) is 32.0 Å². The molecule has 0 saturated carbocycles. The van der Waals surface area contributed by atoms with Crippen LogP contribution in [0.4, 0.5) is 0 Å². The zero-order valence-electron chi connectivity index (χ0n) is 13.4. The minimum atomic E-state index is -3.59. The molecule has 1 N–H and O–H groups in total. The number of sulfonamides is 1. The maximum absolute atomic E-state index is 12.6. The molecule has 2 aromatic rings. The van der Waals surface area contributed by atoms with Crippen LogP contribution in [0.15, 0.2) is 53.7 Å². The van der Waals surface area contributed by atoms with Gasteiger partial charge in [0.05, 0.1) is 10.4 Å². The van der Waals surface area contributed by atoms with Gasteiger partial charge in [-0.2, -0.15) is 0 Å².